The predicted octanol–water partition coefficient (Wildman–Crippen LogP) is 3.44. The van der Waals surface area contributed by atoms with Crippen LogP contribution in [0.15, 0.2) is 48.5 Å². The highest BCUT2D eigenvalue weighted by molar-refractivity contribution is 14.1. The van der Waals surface area contributed by atoms with Gasteiger partial charge in [-0.25, -0.2) is 9.59 Å². The van der Waals surface area contributed by atoms with Crippen LogP contribution in [0.4, 0.5) is 4.79 Å². The number of hydrogen-bond donors (Lipinski definition) is 2. The van der Waals surface area contributed by atoms with E-state index >= 15 is 0 Å². The number of rotatable bonds is 7. The number of methoxy groups -OCH3 is 2. The summed E-state index contributed by atoms with van der Waals surface area (Å²) < 4.78 is 11.2. The summed E-state index contributed by atoms with van der Waals surface area (Å²) in [5.41, 5.74) is 1.79. The highest BCUT2D eigenvalue weighted by atomic mass is 127. The van der Waals surface area contributed by atoms with Crippen molar-refractivity contribution < 1.29 is 19.1 Å². The molecule has 2 N–H and O–H groups in total. The molecule has 0 aliphatic rings. The molecule has 0 unspecified atom stereocenters. The largest absolute Gasteiger partial charge is 0.496 e. The van der Waals surface area contributed by atoms with Crippen molar-refractivity contribution in [2.75, 3.05) is 14.2 Å². The SMILES string of the molecule is COC(=O)[C@@H](Cc1cc(I)ccc1OC)NC(=O)N[C@@H](C)c1ccccc1. The van der Waals surface area contributed by atoms with Gasteiger partial charge in [-0.1, -0.05) is 30.3 Å². The van der Waals surface area contributed by atoms with Gasteiger partial charge in [-0.15, -0.1) is 0 Å². The van der Waals surface area contributed by atoms with Crippen LogP contribution < -0.4 is 15.4 Å². The Morgan fingerprint density at radius 3 is 2.41 bits per heavy atom. The summed E-state index contributed by atoms with van der Waals surface area (Å²) in [4.78, 5) is 24.6. The molecule has 0 aliphatic carbocycles. The number of carbonyl (C=O) groups is 2. The van der Waals surface area contributed by atoms with Gasteiger partial charge in [-0.05, 0) is 58.8 Å². The van der Waals surface area contributed by atoms with E-state index in [1.165, 1.54) is 7.11 Å². The van der Waals surface area contributed by atoms with Gasteiger partial charge in [0.15, 0.2) is 0 Å². The molecule has 27 heavy (non-hydrogen) atoms. The molecule has 2 aromatic rings. The molecule has 0 bridgehead atoms. The van der Waals surface area contributed by atoms with E-state index in [4.69, 9.17) is 9.47 Å². The molecule has 7 heteroatoms. The van der Waals surface area contributed by atoms with Crippen molar-refractivity contribution in [1.82, 2.24) is 10.6 Å². The van der Waals surface area contributed by atoms with Crippen molar-refractivity contribution in [2.24, 2.45) is 0 Å². The molecule has 2 atom stereocenters. The zero-order chi connectivity index (χ0) is 19.8. The quantitative estimate of drug-likeness (QED) is 0.469. The van der Waals surface area contributed by atoms with Crippen molar-refractivity contribution in [3.63, 3.8) is 0 Å². The van der Waals surface area contributed by atoms with Gasteiger partial charge in [0, 0.05) is 9.99 Å². The zero-order valence-electron chi connectivity index (χ0n) is 15.5. The van der Waals surface area contributed by atoms with Crippen LogP contribution in [0.3, 0.4) is 0 Å². The lowest BCUT2D eigenvalue weighted by molar-refractivity contribution is -0.142. The van der Waals surface area contributed by atoms with E-state index in [1.54, 1.807) is 7.11 Å². The molecular weight excluding hydrogens is 459 g/mol. The fourth-order valence-corrected chi connectivity index (χ4v) is 3.24. The third-order valence-corrected chi connectivity index (χ3v) is 4.78. The Morgan fingerprint density at radius 1 is 1.07 bits per heavy atom. The Bertz CT molecular complexity index is 783. The molecule has 0 saturated carbocycles. The Balaban J connectivity index is 2.09. The minimum Gasteiger partial charge on any atom is -0.496 e. The topological polar surface area (TPSA) is 76.7 Å². The summed E-state index contributed by atoms with van der Waals surface area (Å²) >= 11 is 2.19. The van der Waals surface area contributed by atoms with Crippen LogP contribution in [0, 0.1) is 3.57 Å². The molecule has 0 aliphatic heterocycles. The molecule has 0 fully saturated rings. The number of amides is 2. The van der Waals surface area contributed by atoms with Crippen LogP contribution in [0.2, 0.25) is 0 Å². The molecule has 2 rings (SSSR count). The van der Waals surface area contributed by atoms with Gasteiger partial charge in [0.1, 0.15) is 11.8 Å². The van der Waals surface area contributed by atoms with Crippen molar-refractivity contribution in [1.29, 1.82) is 0 Å². The molecule has 0 aromatic heterocycles. The van der Waals surface area contributed by atoms with E-state index in [1.807, 2.05) is 55.5 Å². The first kappa shape index (κ1) is 21.0. The number of esters is 1. The standard InChI is InChI=1S/C20H23IN2O4/c1-13(14-7-5-4-6-8-14)22-20(25)23-17(19(24)27-3)12-15-11-16(21)9-10-18(15)26-2/h4-11,13,17H,12H2,1-3H3,(H2,22,23,25)/t13-,17+/m0/s1. The highest BCUT2D eigenvalue weighted by Crippen LogP contribution is 2.22. The maximum atomic E-state index is 12.4. The van der Waals surface area contributed by atoms with Crippen LogP contribution in [0.5, 0.6) is 5.75 Å². The number of carbonyl (C=O) groups excluding carboxylic acids is 2. The number of ether oxygens (including phenoxy) is 2. The first-order valence-electron chi connectivity index (χ1n) is 8.46. The van der Waals surface area contributed by atoms with Crippen LogP contribution in [-0.4, -0.2) is 32.3 Å². The molecule has 2 amide bonds. The molecule has 6 nitrogen and oxygen atoms in total. The summed E-state index contributed by atoms with van der Waals surface area (Å²) in [5.74, 6) is 0.141. The fourth-order valence-electron chi connectivity index (χ4n) is 2.68. The molecular formula is C20H23IN2O4. The van der Waals surface area contributed by atoms with Crippen molar-refractivity contribution in [3.8, 4) is 5.75 Å². The maximum Gasteiger partial charge on any atom is 0.328 e. The normalized spacial score (nSPS) is 12.6. The molecule has 0 radical (unpaired) electrons. The summed E-state index contributed by atoms with van der Waals surface area (Å²) in [6.07, 6.45) is 0.264. The average molecular weight is 482 g/mol. The van der Waals surface area contributed by atoms with Crippen LogP contribution in [0.1, 0.15) is 24.1 Å². The Labute approximate surface area is 172 Å². The first-order valence-corrected chi connectivity index (χ1v) is 9.54. The lowest BCUT2D eigenvalue weighted by Gasteiger charge is -2.20. The van der Waals surface area contributed by atoms with E-state index in [0.29, 0.717) is 5.75 Å². The van der Waals surface area contributed by atoms with Crippen LogP contribution >= 0.6 is 22.6 Å². The molecule has 2 aromatic carbocycles. The third kappa shape index (κ3) is 6.13. The number of urea groups is 1. The van der Waals surface area contributed by atoms with Gasteiger partial charge >= 0.3 is 12.0 Å². The molecule has 0 saturated heterocycles. The summed E-state index contributed by atoms with van der Waals surface area (Å²) in [5, 5.41) is 5.55. The Hall–Kier alpha value is -2.29. The Morgan fingerprint density at radius 2 is 1.78 bits per heavy atom. The third-order valence-electron chi connectivity index (χ3n) is 4.10. The zero-order valence-corrected chi connectivity index (χ0v) is 17.6. The number of halogens is 1. The smallest absolute Gasteiger partial charge is 0.328 e. The van der Waals surface area contributed by atoms with Crippen molar-refractivity contribution in [2.45, 2.75) is 25.4 Å². The number of nitrogens with one attached hydrogen (secondary N) is 2. The van der Waals surface area contributed by atoms with Gasteiger partial charge in [0.25, 0.3) is 0 Å². The van der Waals surface area contributed by atoms with E-state index in [2.05, 4.69) is 33.2 Å². The molecule has 0 spiro atoms. The second-order valence-electron chi connectivity index (χ2n) is 5.99. The lowest BCUT2D eigenvalue weighted by atomic mass is 10.0. The minimum absolute atomic E-state index is 0.197. The number of hydrogen-bond acceptors (Lipinski definition) is 4. The lowest BCUT2D eigenvalue weighted by Crippen LogP contribution is -2.48. The van der Waals surface area contributed by atoms with Gasteiger partial charge in [-0.3, -0.25) is 0 Å². The average Bonchev–Trinajstić information content (AvgIpc) is 2.67. The fraction of sp³-hybridized carbons (Fsp3) is 0.300. The van der Waals surface area contributed by atoms with Gasteiger partial charge in [0.2, 0.25) is 0 Å². The minimum atomic E-state index is -0.829. The van der Waals surface area contributed by atoms with E-state index in [-0.39, 0.29) is 12.5 Å². The summed E-state index contributed by atoms with van der Waals surface area (Å²) in [6.45, 7) is 1.88. The highest BCUT2D eigenvalue weighted by Gasteiger charge is 2.24. The van der Waals surface area contributed by atoms with Crippen LogP contribution in [-0.2, 0) is 16.0 Å². The van der Waals surface area contributed by atoms with E-state index < -0.39 is 18.0 Å². The van der Waals surface area contributed by atoms with E-state index in [9.17, 15) is 9.59 Å². The molecule has 0 heterocycles. The first-order chi connectivity index (χ1) is 12.9. The summed E-state index contributed by atoms with van der Waals surface area (Å²) in [7, 11) is 2.87. The second-order valence-corrected chi connectivity index (χ2v) is 7.23. The van der Waals surface area contributed by atoms with Crippen LogP contribution in [0.25, 0.3) is 0 Å². The monoisotopic (exact) mass is 482 g/mol. The second kappa shape index (κ2) is 10.1. The van der Waals surface area contributed by atoms with Crippen molar-refractivity contribution in [3.05, 3.63) is 63.2 Å². The van der Waals surface area contributed by atoms with Crippen molar-refractivity contribution >= 4 is 34.6 Å². The Kier molecular flexibility index (Phi) is 7.90. The number of benzene rings is 2. The van der Waals surface area contributed by atoms with Gasteiger partial charge in [-0.2, -0.15) is 0 Å². The van der Waals surface area contributed by atoms with E-state index in [0.717, 1.165) is 14.7 Å². The maximum absolute atomic E-state index is 12.4. The molecule has 144 valence electrons. The van der Waals surface area contributed by atoms with Gasteiger partial charge < -0.3 is 20.1 Å². The van der Waals surface area contributed by atoms with Gasteiger partial charge in [0.05, 0.1) is 20.3 Å². The summed E-state index contributed by atoms with van der Waals surface area (Å²) in [6, 6.07) is 13.8. The predicted molar refractivity (Wildman–Crippen MR) is 112 cm³/mol.